The van der Waals surface area contributed by atoms with E-state index in [0.29, 0.717) is 0 Å². The summed E-state index contributed by atoms with van der Waals surface area (Å²) in [5, 5.41) is 1.23. The summed E-state index contributed by atoms with van der Waals surface area (Å²) in [7, 11) is 0. The molecule has 0 nitrogen and oxygen atoms in total. The zero-order valence-electron chi connectivity index (χ0n) is 8.49. The van der Waals surface area contributed by atoms with Crippen molar-refractivity contribution in [3.63, 3.8) is 0 Å². The van der Waals surface area contributed by atoms with Crippen molar-refractivity contribution < 1.29 is 35.3 Å². The van der Waals surface area contributed by atoms with Gasteiger partial charge in [-0.3, -0.25) is 0 Å². The summed E-state index contributed by atoms with van der Waals surface area (Å²) < 4.78 is 0. The van der Waals surface area contributed by atoms with Crippen molar-refractivity contribution in [3.05, 3.63) is 60.2 Å². The van der Waals surface area contributed by atoms with Gasteiger partial charge in [0.25, 0.3) is 0 Å². The predicted octanol–water partition coefficient (Wildman–Crippen LogP) is 0.404. The van der Waals surface area contributed by atoms with Gasteiger partial charge in [0.15, 0.2) is 0 Å². The van der Waals surface area contributed by atoms with Crippen LogP contribution in [0.4, 0.5) is 0 Å². The Morgan fingerprint density at radius 3 is 1.80 bits per heavy atom. The summed E-state index contributed by atoms with van der Waals surface area (Å²) in [5.74, 6) is 0. The van der Waals surface area contributed by atoms with Crippen LogP contribution in [0.3, 0.4) is 0 Å². The van der Waals surface area contributed by atoms with Crippen molar-refractivity contribution in [1.82, 2.24) is 0 Å². The zero-order chi connectivity index (χ0) is 9.80. The molecule has 0 bridgehead atoms. The third-order valence-corrected chi connectivity index (χ3v) is 3.56. The second-order valence-corrected chi connectivity index (χ2v) is 4.36. The Morgan fingerprint density at radius 2 is 1.27 bits per heavy atom. The van der Waals surface area contributed by atoms with E-state index >= 15 is 0 Å². The molecule has 0 heterocycles. The molecule has 0 saturated carbocycles. The minimum atomic E-state index is 0. The molecular weight excluding hydrogens is 301 g/mol. The SMILES string of the molecule is [Br-].[Zn+][CH2]c1ccc(-c2ccccc2)cc1. The number of benzene rings is 2. The van der Waals surface area contributed by atoms with Gasteiger partial charge in [0.2, 0.25) is 0 Å². The van der Waals surface area contributed by atoms with Crippen LogP contribution in [0.2, 0.25) is 0 Å². The van der Waals surface area contributed by atoms with E-state index in [-0.39, 0.29) is 17.0 Å². The van der Waals surface area contributed by atoms with Gasteiger partial charge in [0, 0.05) is 0 Å². The van der Waals surface area contributed by atoms with Gasteiger partial charge in [-0.05, 0) is 0 Å². The third kappa shape index (κ3) is 3.26. The fraction of sp³-hybridized carbons (Fsp3) is 0.0769. The van der Waals surface area contributed by atoms with E-state index in [2.05, 4.69) is 54.6 Å². The molecule has 0 radical (unpaired) electrons. The van der Waals surface area contributed by atoms with Gasteiger partial charge in [0.05, 0.1) is 0 Å². The Morgan fingerprint density at radius 1 is 0.733 bits per heavy atom. The summed E-state index contributed by atoms with van der Waals surface area (Å²) in [5.41, 5.74) is 4.05. The molecule has 0 aliphatic heterocycles. The van der Waals surface area contributed by atoms with E-state index in [4.69, 9.17) is 0 Å². The molecule has 0 saturated heterocycles. The van der Waals surface area contributed by atoms with E-state index in [0.717, 1.165) is 0 Å². The van der Waals surface area contributed by atoms with E-state index in [1.54, 1.807) is 0 Å². The second-order valence-electron chi connectivity index (χ2n) is 3.31. The van der Waals surface area contributed by atoms with Crippen LogP contribution in [0.15, 0.2) is 54.6 Å². The molecule has 2 aromatic rings. The molecule has 0 aliphatic rings. The molecule has 15 heavy (non-hydrogen) atoms. The first-order chi connectivity index (χ1) is 6.90. The summed E-state index contributed by atoms with van der Waals surface area (Å²) in [6, 6.07) is 19.4. The first-order valence-corrected chi connectivity index (χ1v) is 6.93. The van der Waals surface area contributed by atoms with Crippen LogP contribution in [0.25, 0.3) is 11.1 Å². The molecule has 0 unspecified atom stereocenters. The molecule has 0 aliphatic carbocycles. The molecule has 0 spiro atoms. The zero-order valence-corrected chi connectivity index (χ0v) is 13.0. The summed E-state index contributed by atoms with van der Waals surface area (Å²) in [6.45, 7) is 0. The molecule has 0 fully saturated rings. The average Bonchev–Trinajstić information content (AvgIpc) is 2.30. The van der Waals surface area contributed by atoms with Crippen molar-refractivity contribution >= 4 is 0 Å². The second kappa shape index (κ2) is 6.20. The van der Waals surface area contributed by atoms with Crippen molar-refractivity contribution in [2.75, 3.05) is 0 Å². The van der Waals surface area contributed by atoms with Gasteiger partial charge in [-0.25, -0.2) is 0 Å². The topological polar surface area (TPSA) is 0 Å². The van der Waals surface area contributed by atoms with Gasteiger partial charge in [-0.2, -0.15) is 0 Å². The Labute approximate surface area is 111 Å². The molecular formula is C13H11BrZn. The van der Waals surface area contributed by atoms with E-state index in [9.17, 15) is 0 Å². The number of hydrogen-bond acceptors (Lipinski definition) is 0. The van der Waals surface area contributed by atoms with Crippen LogP contribution in [-0.2, 0) is 23.3 Å². The van der Waals surface area contributed by atoms with E-state index in [1.165, 1.54) is 40.0 Å². The van der Waals surface area contributed by atoms with E-state index < -0.39 is 0 Å². The summed E-state index contributed by atoms with van der Waals surface area (Å²) in [4.78, 5) is 0. The van der Waals surface area contributed by atoms with Gasteiger partial charge in [-0.15, -0.1) is 0 Å². The van der Waals surface area contributed by atoms with Crippen LogP contribution in [0, 0.1) is 0 Å². The normalized spacial score (nSPS) is 9.47. The third-order valence-electron chi connectivity index (χ3n) is 2.35. The standard InChI is InChI=1S/C13H11.BrH.Zn/c1-11-7-9-13(10-8-11)12-5-3-2-4-6-12;;/h2-10H,1H2;1H;/q;;+1/p-1. The number of hydrogen-bond donors (Lipinski definition) is 0. The molecule has 0 amide bonds. The maximum atomic E-state index is 2.23. The Bertz CT molecular complexity index is 395. The van der Waals surface area contributed by atoms with Crippen molar-refractivity contribution in [2.24, 2.45) is 0 Å². The monoisotopic (exact) mass is 310 g/mol. The molecule has 0 atom stereocenters. The van der Waals surface area contributed by atoms with Crippen LogP contribution >= 0.6 is 0 Å². The van der Waals surface area contributed by atoms with Crippen LogP contribution in [0.5, 0.6) is 0 Å². The minimum absolute atomic E-state index is 0. The Balaban J connectivity index is 0.00000112. The van der Waals surface area contributed by atoms with Crippen LogP contribution in [-0.4, -0.2) is 0 Å². The Hall–Kier alpha value is -0.457. The average molecular weight is 313 g/mol. The predicted molar refractivity (Wildman–Crippen MR) is 55.6 cm³/mol. The fourth-order valence-corrected chi connectivity index (χ4v) is 2.19. The Kier molecular flexibility index (Phi) is 5.21. The molecule has 72 valence electrons. The van der Waals surface area contributed by atoms with E-state index in [1.807, 2.05) is 0 Å². The molecule has 0 N–H and O–H groups in total. The van der Waals surface area contributed by atoms with Crippen molar-refractivity contribution in [3.8, 4) is 11.1 Å². The molecule has 0 aromatic heterocycles. The molecule has 2 heteroatoms. The van der Waals surface area contributed by atoms with Crippen molar-refractivity contribution in [2.45, 2.75) is 5.02 Å². The quantitative estimate of drug-likeness (QED) is 0.705. The maximum absolute atomic E-state index is 2.23. The first-order valence-electron chi connectivity index (χ1n) is 4.84. The molecule has 2 rings (SSSR count). The van der Waals surface area contributed by atoms with Gasteiger partial charge < -0.3 is 17.0 Å². The van der Waals surface area contributed by atoms with Gasteiger partial charge in [0.1, 0.15) is 0 Å². The first kappa shape index (κ1) is 12.6. The van der Waals surface area contributed by atoms with Crippen LogP contribution in [0.1, 0.15) is 5.56 Å². The fourth-order valence-electron chi connectivity index (χ4n) is 1.49. The summed E-state index contributed by atoms with van der Waals surface area (Å²) >= 11 is 1.34. The van der Waals surface area contributed by atoms with Crippen molar-refractivity contribution in [1.29, 1.82) is 0 Å². The number of halogens is 1. The van der Waals surface area contributed by atoms with Gasteiger partial charge in [-0.1, -0.05) is 0 Å². The van der Waals surface area contributed by atoms with Gasteiger partial charge >= 0.3 is 94.6 Å². The molecule has 2 aromatic carbocycles. The van der Waals surface area contributed by atoms with Crippen LogP contribution < -0.4 is 17.0 Å². The number of rotatable bonds is 2. The summed E-state index contributed by atoms with van der Waals surface area (Å²) in [6.07, 6.45) is 0.